The van der Waals surface area contributed by atoms with Gasteiger partial charge in [-0.05, 0) is 22.6 Å². The maximum atomic E-state index is 8.88. The van der Waals surface area contributed by atoms with Gasteiger partial charge in [0, 0.05) is 5.69 Å². The Morgan fingerprint density at radius 3 is 2.22 bits per heavy atom. The van der Waals surface area contributed by atoms with Gasteiger partial charge in [-0.25, -0.2) is 0 Å². The minimum atomic E-state index is 0.144. The largest absolute Gasteiger partial charge is 0.384 e. The predicted molar refractivity (Wildman–Crippen MR) is 74.1 cm³/mol. The van der Waals surface area contributed by atoms with Crippen molar-refractivity contribution in [2.45, 2.75) is 26.2 Å². The molecule has 18 heavy (non-hydrogen) atoms. The summed E-state index contributed by atoms with van der Waals surface area (Å²) in [5.41, 5.74) is 9.55. The summed E-state index contributed by atoms with van der Waals surface area (Å²) in [4.78, 5) is 3.03. The molecular weight excluding hydrogens is 222 g/mol. The van der Waals surface area contributed by atoms with E-state index < -0.39 is 0 Å². The number of aromatic nitrogens is 1. The van der Waals surface area contributed by atoms with Gasteiger partial charge in [0.2, 0.25) is 0 Å². The molecule has 0 aliphatic heterocycles. The first kappa shape index (κ1) is 12.3. The number of hydrogen-bond donors (Lipinski definition) is 2. The van der Waals surface area contributed by atoms with E-state index in [1.165, 1.54) is 5.56 Å². The SMILES string of the molecule is CC(C)(C)c1ccc(-c2cc(C#N)c(N)[nH]2)cc1. The Morgan fingerprint density at radius 1 is 1.17 bits per heavy atom. The first-order valence-electron chi connectivity index (χ1n) is 5.91. The van der Waals surface area contributed by atoms with Crippen LogP contribution in [0.25, 0.3) is 11.3 Å². The van der Waals surface area contributed by atoms with Crippen LogP contribution in [0.4, 0.5) is 5.82 Å². The normalized spacial score (nSPS) is 11.2. The Labute approximate surface area is 107 Å². The molecule has 0 aliphatic carbocycles. The highest BCUT2D eigenvalue weighted by Crippen LogP contribution is 2.27. The van der Waals surface area contributed by atoms with E-state index in [-0.39, 0.29) is 5.41 Å². The molecule has 0 fully saturated rings. The number of anilines is 1. The number of nitrogens with zero attached hydrogens (tertiary/aromatic N) is 1. The summed E-state index contributed by atoms with van der Waals surface area (Å²) in [7, 11) is 0. The number of H-pyrrole nitrogens is 1. The van der Waals surface area contributed by atoms with E-state index in [2.05, 4.69) is 44.0 Å². The van der Waals surface area contributed by atoms with Gasteiger partial charge in [-0.15, -0.1) is 0 Å². The summed E-state index contributed by atoms with van der Waals surface area (Å²) in [5, 5.41) is 8.88. The van der Waals surface area contributed by atoms with Crippen LogP contribution in [0.3, 0.4) is 0 Å². The minimum absolute atomic E-state index is 0.144. The molecule has 3 N–H and O–H groups in total. The Balaban J connectivity index is 2.38. The second-order valence-electron chi connectivity index (χ2n) is 5.45. The van der Waals surface area contributed by atoms with Crippen LogP contribution < -0.4 is 5.73 Å². The Hall–Kier alpha value is -2.21. The average molecular weight is 239 g/mol. The lowest BCUT2D eigenvalue weighted by molar-refractivity contribution is 0.590. The molecule has 1 aromatic heterocycles. The fraction of sp³-hybridized carbons (Fsp3) is 0.267. The van der Waals surface area contributed by atoms with Gasteiger partial charge in [0.15, 0.2) is 0 Å². The zero-order chi connectivity index (χ0) is 13.3. The van der Waals surface area contributed by atoms with Crippen LogP contribution in [0.2, 0.25) is 0 Å². The van der Waals surface area contributed by atoms with Crippen molar-refractivity contribution in [1.82, 2.24) is 4.98 Å². The van der Waals surface area contributed by atoms with Crippen LogP contribution in [0.5, 0.6) is 0 Å². The maximum Gasteiger partial charge on any atom is 0.119 e. The predicted octanol–water partition coefficient (Wildman–Crippen LogP) is 3.43. The quantitative estimate of drug-likeness (QED) is 0.800. The van der Waals surface area contributed by atoms with Gasteiger partial charge in [-0.1, -0.05) is 45.0 Å². The summed E-state index contributed by atoms with van der Waals surface area (Å²) in [6.45, 7) is 6.55. The Bertz CT molecular complexity index is 592. The molecule has 0 radical (unpaired) electrons. The first-order valence-corrected chi connectivity index (χ1v) is 5.91. The number of nitrogens with two attached hydrogens (primary N) is 1. The van der Waals surface area contributed by atoms with Crippen LogP contribution in [0.1, 0.15) is 31.9 Å². The molecule has 0 amide bonds. The summed E-state index contributed by atoms with van der Waals surface area (Å²) >= 11 is 0. The van der Waals surface area contributed by atoms with Crippen molar-refractivity contribution in [2.75, 3.05) is 5.73 Å². The lowest BCUT2D eigenvalue weighted by atomic mass is 9.86. The standard InChI is InChI=1S/C15H17N3/c1-15(2,3)12-6-4-10(5-7-12)13-8-11(9-16)14(17)18-13/h4-8,18H,17H2,1-3H3. The third-order valence-electron chi connectivity index (χ3n) is 3.03. The summed E-state index contributed by atoms with van der Waals surface area (Å²) in [6, 6.07) is 12.2. The smallest absolute Gasteiger partial charge is 0.119 e. The summed E-state index contributed by atoms with van der Waals surface area (Å²) in [6.07, 6.45) is 0. The van der Waals surface area contributed by atoms with Crippen LogP contribution in [-0.2, 0) is 5.41 Å². The van der Waals surface area contributed by atoms with Crippen LogP contribution in [0, 0.1) is 11.3 Å². The van der Waals surface area contributed by atoms with Gasteiger partial charge in [0.05, 0.1) is 5.56 Å². The van der Waals surface area contributed by atoms with Gasteiger partial charge in [0.1, 0.15) is 11.9 Å². The van der Waals surface area contributed by atoms with Crippen molar-refractivity contribution in [1.29, 1.82) is 5.26 Å². The van der Waals surface area contributed by atoms with E-state index in [1.807, 2.05) is 12.1 Å². The second-order valence-corrected chi connectivity index (χ2v) is 5.45. The molecule has 0 saturated heterocycles. The Kier molecular flexibility index (Phi) is 2.88. The highest BCUT2D eigenvalue weighted by molar-refractivity contribution is 5.67. The number of nitriles is 1. The molecule has 0 saturated carbocycles. The zero-order valence-corrected chi connectivity index (χ0v) is 10.9. The number of hydrogen-bond acceptors (Lipinski definition) is 2. The van der Waals surface area contributed by atoms with E-state index >= 15 is 0 Å². The van der Waals surface area contributed by atoms with Crippen LogP contribution >= 0.6 is 0 Å². The van der Waals surface area contributed by atoms with Crippen molar-refractivity contribution in [3.05, 3.63) is 41.5 Å². The van der Waals surface area contributed by atoms with Crippen molar-refractivity contribution in [3.63, 3.8) is 0 Å². The van der Waals surface area contributed by atoms with Gasteiger partial charge in [0.25, 0.3) is 0 Å². The van der Waals surface area contributed by atoms with E-state index in [0.29, 0.717) is 11.4 Å². The van der Waals surface area contributed by atoms with Gasteiger partial charge in [-0.2, -0.15) is 5.26 Å². The summed E-state index contributed by atoms with van der Waals surface area (Å²) in [5.74, 6) is 0.424. The zero-order valence-electron chi connectivity index (χ0n) is 10.9. The van der Waals surface area contributed by atoms with Crippen LogP contribution in [-0.4, -0.2) is 4.98 Å². The summed E-state index contributed by atoms with van der Waals surface area (Å²) < 4.78 is 0. The molecular formula is C15H17N3. The minimum Gasteiger partial charge on any atom is -0.384 e. The molecule has 92 valence electrons. The molecule has 3 heteroatoms. The fourth-order valence-electron chi connectivity index (χ4n) is 1.87. The fourth-order valence-corrected chi connectivity index (χ4v) is 1.87. The number of aromatic amines is 1. The lowest BCUT2D eigenvalue weighted by Crippen LogP contribution is -2.10. The van der Waals surface area contributed by atoms with Gasteiger partial charge < -0.3 is 10.7 Å². The Morgan fingerprint density at radius 2 is 1.78 bits per heavy atom. The van der Waals surface area contributed by atoms with E-state index in [4.69, 9.17) is 11.0 Å². The molecule has 2 rings (SSSR count). The topological polar surface area (TPSA) is 65.6 Å². The van der Waals surface area contributed by atoms with Gasteiger partial charge >= 0.3 is 0 Å². The number of rotatable bonds is 1. The molecule has 0 unspecified atom stereocenters. The van der Waals surface area contributed by atoms with E-state index in [0.717, 1.165) is 11.3 Å². The monoisotopic (exact) mass is 239 g/mol. The van der Waals surface area contributed by atoms with E-state index in [9.17, 15) is 0 Å². The maximum absolute atomic E-state index is 8.88. The van der Waals surface area contributed by atoms with Gasteiger partial charge in [-0.3, -0.25) is 0 Å². The van der Waals surface area contributed by atoms with Crippen molar-refractivity contribution >= 4 is 5.82 Å². The second kappa shape index (κ2) is 4.23. The molecule has 0 spiro atoms. The number of benzene rings is 1. The van der Waals surface area contributed by atoms with Crippen molar-refractivity contribution < 1.29 is 0 Å². The highest BCUT2D eigenvalue weighted by Gasteiger charge is 2.13. The third-order valence-corrected chi connectivity index (χ3v) is 3.03. The molecule has 0 bridgehead atoms. The molecule has 1 aromatic carbocycles. The molecule has 2 aromatic rings. The van der Waals surface area contributed by atoms with Crippen molar-refractivity contribution in [2.24, 2.45) is 0 Å². The first-order chi connectivity index (χ1) is 8.41. The third kappa shape index (κ3) is 2.23. The molecule has 1 heterocycles. The van der Waals surface area contributed by atoms with Crippen molar-refractivity contribution in [3.8, 4) is 17.3 Å². The number of nitrogens with one attached hydrogen (secondary N) is 1. The number of nitrogen functional groups attached to an aromatic ring is 1. The van der Waals surface area contributed by atoms with Crippen LogP contribution in [0.15, 0.2) is 30.3 Å². The lowest BCUT2D eigenvalue weighted by Gasteiger charge is -2.19. The average Bonchev–Trinajstić information content (AvgIpc) is 2.69. The highest BCUT2D eigenvalue weighted by atomic mass is 14.9. The molecule has 0 aliphatic rings. The molecule has 0 atom stereocenters. The van der Waals surface area contributed by atoms with E-state index in [1.54, 1.807) is 6.07 Å². The molecule has 3 nitrogen and oxygen atoms in total.